The highest BCUT2D eigenvalue weighted by atomic mass is 19.1. The Labute approximate surface area is 147 Å². The second-order valence-corrected chi connectivity index (χ2v) is 7.67. The summed E-state index contributed by atoms with van der Waals surface area (Å²) >= 11 is 0. The Bertz CT molecular complexity index is 708. The molecule has 3 saturated heterocycles. The number of aryl methyl sites for hydroxylation is 1. The number of carbonyl (C=O) groups excluding carboxylic acids is 2. The van der Waals surface area contributed by atoms with E-state index in [0.717, 1.165) is 25.8 Å². The van der Waals surface area contributed by atoms with Gasteiger partial charge in [0.15, 0.2) is 0 Å². The Kier molecular flexibility index (Phi) is 4.13. The maximum Gasteiger partial charge on any atom is 0.321 e. The molecule has 3 fully saturated rings. The summed E-state index contributed by atoms with van der Waals surface area (Å²) in [7, 11) is 0. The van der Waals surface area contributed by atoms with Gasteiger partial charge in [0.25, 0.3) is 0 Å². The van der Waals surface area contributed by atoms with Crippen LogP contribution < -0.4 is 5.32 Å². The van der Waals surface area contributed by atoms with Crippen molar-refractivity contribution in [2.24, 2.45) is 11.8 Å². The number of hydrogen-bond acceptors (Lipinski definition) is 2. The molecule has 1 aromatic rings. The molecule has 1 N–H and O–H groups in total. The van der Waals surface area contributed by atoms with Crippen molar-refractivity contribution in [2.45, 2.75) is 38.6 Å². The molecule has 3 heterocycles. The Morgan fingerprint density at radius 3 is 2.92 bits per heavy atom. The van der Waals surface area contributed by atoms with Crippen LogP contribution in [-0.4, -0.2) is 47.4 Å². The third-order valence-corrected chi connectivity index (χ3v) is 5.89. The Balaban J connectivity index is 1.45. The van der Waals surface area contributed by atoms with Crippen LogP contribution >= 0.6 is 0 Å². The minimum Gasteiger partial charge on any atom is -0.339 e. The first-order valence-electron chi connectivity index (χ1n) is 9.13. The van der Waals surface area contributed by atoms with E-state index in [1.165, 1.54) is 6.07 Å². The molecule has 0 radical (unpaired) electrons. The van der Waals surface area contributed by atoms with Crippen LogP contribution in [0.5, 0.6) is 0 Å². The summed E-state index contributed by atoms with van der Waals surface area (Å²) in [6, 6.07) is 4.86. The molecule has 3 aliphatic heterocycles. The first-order valence-corrected chi connectivity index (χ1v) is 9.13. The van der Waals surface area contributed by atoms with Crippen molar-refractivity contribution in [1.29, 1.82) is 0 Å². The van der Waals surface area contributed by atoms with E-state index in [9.17, 15) is 14.0 Å². The maximum atomic E-state index is 13.7. The molecule has 1 aromatic carbocycles. The number of hydrogen-bond donors (Lipinski definition) is 1. The van der Waals surface area contributed by atoms with Gasteiger partial charge in [0.05, 0.1) is 0 Å². The lowest BCUT2D eigenvalue weighted by molar-refractivity contribution is -0.144. The van der Waals surface area contributed by atoms with Gasteiger partial charge in [-0.05, 0) is 55.7 Å². The number of likely N-dealkylation sites (tertiary alicyclic amines) is 1. The van der Waals surface area contributed by atoms with Gasteiger partial charge >= 0.3 is 6.03 Å². The Morgan fingerprint density at radius 2 is 2.12 bits per heavy atom. The van der Waals surface area contributed by atoms with Gasteiger partial charge in [-0.3, -0.25) is 4.79 Å². The molecule has 5 nitrogen and oxygen atoms in total. The molecule has 3 atom stereocenters. The minimum atomic E-state index is -0.315. The van der Waals surface area contributed by atoms with Gasteiger partial charge < -0.3 is 15.1 Å². The van der Waals surface area contributed by atoms with Crippen LogP contribution in [0.2, 0.25) is 0 Å². The Morgan fingerprint density at radius 1 is 1.28 bits per heavy atom. The van der Waals surface area contributed by atoms with Crippen molar-refractivity contribution in [3.05, 3.63) is 29.6 Å². The van der Waals surface area contributed by atoms with E-state index in [-0.39, 0.29) is 23.8 Å². The van der Waals surface area contributed by atoms with Gasteiger partial charge in [-0.15, -0.1) is 0 Å². The molecule has 6 heteroatoms. The van der Waals surface area contributed by atoms with Crippen molar-refractivity contribution in [3.8, 4) is 0 Å². The van der Waals surface area contributed by atoms with Crippen molar-refractivity contribution < 1.29 is 14.0 Å². The zero-order valence-corrected chi connectivity index (χ0v) is 14.5. The predicted octanol–water partition coefficient (Wildman–Crippen LogP) is 3.00. The van der Waals surface area contributed by atoms with Gasteiger partial charge in [0.2, 0.25) is 5.91 Å². The average Bonchev–Trinajstić information content (AvgIpc) is 2.59. The summed E-state index contributed by atoms with van der Waals surface area (Å²) in [6.07, 6.45) is 3.76. The van der Waals surface area contributed by atoms with E-state index < -0.39 is 0 Å². The fourth-order valence-corrected chi connectivity index (χ4v) is 4.65. The quantitative estimate of drug-likeness (QED) is 0.851. The molecule has 134 valence electrons. The van der Waals surface area contributed by atoms with Crippen LogP contribution in [0.1, 0.15) is 31.2 Å². The molecule has 2 bridgehead atoms. The minimum absolute atomic E-state index is 0.173. The van der Waals surface area contributed by atoms with Gasteiger partial charge in [-0.2, -0.15) is 0 Å². The van der Waals surface area contributed by atoms with E-state index in [1.54, 1.807) is 19.1 Å². The highest BCUT2D eigenvalue weighted by molar-refractivity contribution is 5.89. The third kappa shape index (κ3) is 3.10. The van der Waals surface area contributed by atoms with Gasteiger partial charge in [0, 0.05) is 37.8 Å². The van der Waals surface area contributed by atoms with Crippen LogP contribution in [0.25, 0.3) is 0 Å². The third-order valence-electron chi connectivity index (χ3n) is 5.89. The summed E-state index contributed by atoms with van der Waals surface area (Å²) in [6.45, 7) is 3.80. The van der Waals surface area contributed by atoms with Crippen LogP contribution in [0.4, 0.5) is 14.9 Å². The summed E-state index contributed by atoms with van der Waals surface area (Å²) < 4.78 is 13.7. The van der Waals surface area contributed by atoms with E-state index in [0.29, 0.717) is 42.6 Å². The fraction of sp³-hybridized carbons (Fsp3) is 0.579. The largest absolute Gasteiger partial charge is 0.339 e. The fourth-order valence-electron chi connectivity index (χ4n) is 4.65. The van der Waals surface area contributed by atoms with E-state index in [1.807, 2.05) is 4.90 Å². The number of nitrogens with zero attached hydrogens (tertiary/aromatic N) is 2. The van der Waals surface area contributed by atoms with Crippen molar-refractivity contribution >= 4 is 17.6 Å². The van der Waals surface area contributed by atoms with Crippen molar-refractivity contribution in [3.63, 3.8) is 0 Å². The predicted molar refractivity (Wildman–Crippen MR) is 92.7 cm³/mol. The second-order valence-electron chi connectivity index (χ2n) is 7.67. The van der Waals surface area contributed by atoms with Gasteiger partial charge in [-0.25, -0.2) is 9.18 Å². The monoisotopic (exact) mass is 345 g/mol. The number of amides is 3. The molecule has 0 spiro atoms. The number of halogens is 1. The molecule has 3 aliphatic rings. The highest BCUT2D eigenvalue weighted by Crippen LogP contribution is 2.38. The van der Waals surface area contributed by atoms with Crippen LogP contribution in [0.3, 0.4) is 0 Å². The first-order chi connectivity index (χ1) is 12.0. The number of nitrogens with one attached hydrogen (secondary N) is 1. The lowest BCUT2D eigenvalue weighted by atomic mass is 9.76. The SMILES string of the molecule is Cc1ccc(NC(=O)N2CC3CC(C2)[C@H]2CCCC(=O)N2C3)cc1F. The number of carbonyl (C=O) groups is 2. The summed E-state index contributed by atoms with van der Waals surface area (Å²) in [5.41, 5.74) is 1.05. The zero-order chi connectivity index (χ0) is 17.6. The molecule has 3 amide bonds. The smallest absolute Gasteiger partial charge is 0.321 e. The molecular weight excluding hydrogens is 321 g/mol. The lowest BCUT2D eigenvalue weighted by Crippen LogP contribution is -2.61. The molecular formula is C19H24FN3O2. The van der Waals surface area contributed by atoms with Crippen LogP contribution in [0, 0.1) is 24.6 Å². The molecule has 0 saturated carbocycles. The highest BCUT2D eigenvalue weighted by Gasteiger charge is 2.44. The van der Waals surface area contributed by atoms with Crippen molar-refractivity contribution in [1.82, 2.24) is 9.80 Å². The first kappa shape index (κ1) is 16.4. The van der Waals surface area contributed by atoms with E-state index >= 15 is 0 Å². The number of piperidine rings is 3. The van der Waals surface area contributed by atoms with E-state index in [2.05, 4.69) is 10.2 Å². The topological polar surface area (TPSA) is 52.7 Å². The number of rotatable bonds is 1. The number of benzene rings is 1. The molecule has 25 heavy (non-hydrogen) atoms. The van der Waals surface area contributed by atoms with Gasteiger partial charge in [0.1, 0.15) is 5.82 Å². The van der Waals surface area contributed by atoms with Crippen LogP contribution in [0.15, 0.2) is 18.2 Å². The lowest BCUT2D eigenvalue weighted by Gasteiger charge is -2.52. The zero-order valence-electron chi connectivity index (χ0n) is 14.5. The van der Waals surface area contributed by atoms with Crippen LogP contribution in [-0.2, 0) is 4.79 Å². The molecule has 0 aliphatic carbocycles. The van der Waals surface area contributed by atoms with E-state index in [4.69, 9.17) is 0 Å². The molecule has 2 unspecified atom stereocenters. The summed E-state index contributed by atoms with van der Waals surface area (Å²) in [5, 5.41) is 2.82. The average molecular weight is 345 g/mol. The molecule has 0 aromatic heterocycles. The van der Waals surface area contributed by atoms with Crippen molar-refractivity contribution in [2.75, 3.05) is 25.0 Å². The van der Waals surface area contributed by atoms with Gasteiger partial charge in [-0.1, -0.05) is 6.07 Å². The normalized spacial score (nSPS) is 28.6. The summed E-state index contributed by atoms with van der Waals surface area (Å²) in [4.78, 5) is 28.7. The second kappa shape index (κ2) is 6.32. The number of urea groups is 1. The maximum absolute atomic E-state index is 13.7. The molecule has 4 rings (SSSR count). The summed E-state index contributed by atoms with van der Waals surface area (Å²) in [5.74, 6) is 0.665. The Hall–Kier alpha value is -2.11. The number of fused-ring (bicyclic) bond motifs is 4. The standard InChI is InChI=1S/C19H24FN3O2/c1-12-5-6-15(8-16(12)20)21-19(25)22-9-13-7-14(11-22)17-3-2-4-18(24)23(17)10-13/h5-6,8,13-14,17H,2-4,7,9-11H2,1H3,(H,21,25)/t13?,14?,17-/m1/s1. The number of anilines is 1.